The molecule has 0 N–H and O–H groups in total. The molecule has 1 saturated heterocycles. The monoisotopic (exact) mass is 346 g/mol. The molecule has 1 aliphatic heterocycles. The summed E-state index contributed by atoms with van der Waals surface area (Å²) >= 11 is 6.06. The van der Waals surface area contributed by atoms with Gasteiger partial charge in [-0.1, -0.05) is 17.7 Å². The Bertz CT molecular complexity index is 727. The molecule has 5 nitrogen and oxygen atoms in total. The zero-order chi connectivity index (χ0) is 16.9. The van der Waals surface area contributed by atoms with Crippen molar-refractivity contribution in [3.05, 3.63) is 42.1 Å². The average molecular weight is 347 g/mol. The summed E-state index contributed by atoms with van der Waals surface area (Å²) in [6.45, 7) is 8.82. The maximum Gasteiger partial charge on any atom is 0.224 e. The molecule has 0 radical (unpaired) electrons. The first-order chi connectivity index (χ1) is 11.7. The summed E-state index contributed by atoms with van der Waals surface area (Å²) in [6.07, 6.45) is 5.21. The topological polar surface area (TPSA) is 41.4 Å². The largest absolute Gasteiger partial charge is 0.341 e. The Morgan fingerprint density at radius 3 is 3.00 bits per heavy atom. The number of aromatic nitrogens is 2. The van der Waals surface area contributed by atoms with Gasteiger partial charge in [0.05, 0.1) is 18.3 Å². The molecule has 0 saturated carbocycles. The highest BCUT2D eigenvalue weighted by molar-refractivity contribution is 6.31. The van der Waals surface area contributed by atoms with Crippen molar-refractivity contribution in [2.75, 3.05) is 32.7 Å². The molecule has 3 rings (SSSR count). The van der Waals surface area contributed by atoms with Crippen LogP contribution in [0.25, 0.3) is 10.9 Å². The molecule has 0 aliphatic carbocycles. The second-order valence-corrected chi connectivity index (χ2v) is 6.58. The lowest BCUT2D eigenvalue weighted by atomic mass is 10.2. The minimum Gasteiger partial charge on any atom is -0.341 e. The molecule has 0 unspecified atom stereocenters. The van der Waals surface area contributed by atoms with E-state index in [0.29, 0.717) is 18.0 Å². The maximum absolute atomic E-state index is 12.5. The number of amides is 1. The Morgan fingerprint density at radius 1 is 1.29 bits per heavy atom. The fourth-order valence-corrected chi connectivity index (χ4v) is 3.33. The highest BCUT2D eigenvalue weighted by Gasteiger charge is 2.18. The quantitative estimate of drug-likeness (QED) is 0.782. The first kappa shape index (κ1) is 17.0. The van der Waals surface area contributed by atoms with Gasteiger partial charge in [0, 0.05) is 49.6 Å². The number of halogens is 1. The van der Waals surface area contributed by atoms with Gasteiger partial charge >= 0.3 is 0 Å². The molecule has 1 aromatic heterocycles. The fraction of sp³-hybridized carbons (Fsp3) is 0.444. The first-order valence-electron chi connectivity index (χ1n) is 8.39. The lowest BCUT2D eigenvalue weighted by Gasteiger charge is -2.21. The minimum atomic E-state index is 0.195. The van der Waals surface area contributed by atoms with E-state index in [0.717, 1.165) is 50.0 Å². The Labute approximate surface area is 147 Å². The van der Waals surface area contributed by atoms with Crippen LogP contribution in [0.2, 0.25) is 5.02 Å². The Balaban J connectivity index is 1.58. The van der Waals surface area contributed by atoms with Crippen LogP contribution < -0.4 is 0 Å². The summed E-state index contributed by atoms with van der Waals surface area (Å²) in [4.78, 5) is 16.8. The molecule has 1 aliphatic rings. The molecule has 1 fully saturated rings. The maximum atomic E-state index is 12.5. The van der Waals surface area contributed by atoms with Gasteiger partial charge < -0.3 is 4.90 Å². The number of hydrogen-bond donors (Lipinski definition) is 0. The van der Waals surface area contributed by atoms with Crippen molar-refractivity contribution in [2.45, 2.75) is 19.4 Å². The predicted octanol–water partition coefficient (Wildman–Crippen LogP) is 2.80. The van der Waals surface area contributed by atoms with Gasteiger partial charge in [0.15, 0.2) is 0 Å². The third-order valence-electron chi connectivity index (χ3n) is 4.47. The molecule has 1 aromatic carbocycles. The molecule has 2 aromatic rings. The van der Waals surface area contributed by atoms with E-state index in [9.17, 15) is 4.79 Å². The van der Waals surface area contributed by atoms with Crippen molar-refractivity contribution in [1.29, 1.82) is 0 Å². The molecular formula is C18H23ClN4O. The van der Waals surface area contributed by atoms with Gasteiger partial charge in [-0.25, -0.2) is 0 Å². The molecule has 128 valence electrons. The number of aryl methyl sites for hydroxylation is 1. The number of fused-ring (bicyclic) bond motifs is 1. The van der Waals surface area contributed by atoms with Crippen LogP contribution in [0.3, 0.4) is 0 Å². The smallest absolute Gasteiger partial charge is 0.224 e. The summed E-state index contributed by atoms with van der Waals surface area (Å²) < 4.78 is 1.86. The summed E-state index contributed by atoms with van der Waals surface area (Å²) in [5.41, 5.74) is 0.975. The van der Waals surface area contributed by atoms with Crippen molar-refractivity contribution in [1.82, 2.24) is 19.6 Å². The van der Waals surface area contributed by atoms with Crippen molar-refractivity contribution >= 4 is 28.4 Å². The predicted molar refractivity (Wildman–Crippen MR) is 97.2 cm³/mol. The van der Waals surface area contributed by atoms with E-state index in [2.05, 4.69) is 16.6 Å². The van der Waals surface area contributed by atoms with Crippen molar-refractivity contribution < 1.29 is 4.79 Å². The highest BCUT2D eigenvalue weighted by Crippen LogP contribution is 2.19. The zero-order valence-corrected chi connectivity index (χ0v) is 14.6. The number of carbonyl (C=O) groups excluding carboxylic acids is 1. The molecular weight excluding hydrogens is 324 g/mol. The van der Waals surface area contributed by atoms with E-state index in [1.807, 2.05) is 40.1 Å². The lowest BCUT2D eigenvalue weighted by Crippen LogP contribution is -2.35. The van der Waals surface area contributed by atoms with Crippen LogP contribution in [0.5, 0.6) is 0 Å². The molecule has 0 spiro atoms. The van der Waals surface area contributed by atoms with E-state index in [4.69, 9.17) is 11.6 Å². The summed E-state index contributed by atoms with van der Waals surface area (Å²) in [5, 5.41) is 6.11. The summed E-state index contributed by atoms with van der Waals surface area (Å²) in [7, 11) is 0. The van der Waals surface area contributed by atoms with E-state index >= 15 is 0 Å². The number of benzene rings is 1. The van der Waals surface area contributed by atoms with Gasteiger partial charge in [-0.05, 0) is 24.6 Å². The normalized spacial score (nSPS) is 16.3. The van der Waals surface area contributed by atoms with Crippen LogP contribution in [0.1, 0.15) is 12.8 Å². The van der Waals surface area contributed by atoms with Gasteiger partial charge in [0.1, 0.15) is 0 Å². The third kappa shape index (κ3) is 3.97. The molecule has 24 heavy (non-hydrogen) atoms. The van der Waals surface area contributed by atoms with E-state index in [1.54, 1.807) is 0 Å². The number of carbonyl (C=O) groups is 1. The Kier molecular flexibility index (Phi) is 5.53. The van der Waals surface area contributed by atoms with Gasteiger partial charge in [-0.2, -0.15) is 5.10 Å². The zero-order valence-electron chi connectivity index (χ0n) is 13.8. The Morgan fingerprint density at radius 2 is 2.17 bits per heavy atom. The Hall–Kier alpha value is -1.85. The average Bonchev–Trinajstić information content (AvgIpc) is 2.81. The van der Waals surface area contributed by atoms with Gasteiger partial charge in [0.2, 0.25) is 5.91 Å². The van der Waals surface area contributed by atoms with Crippen molar-refractivity contribution in [2.24, 2.45) is 0 Å². The number of nitrogens with zero attached hydrogens (tertiary/aromatic N) is 4. The van der Waals surface area contributed by atoms with Crippen LogP contribution in [0, 0.1) is 0 Å². The van der Waals surface area contributed by atoms with E-state index < -0.39 is 0 Å². The van der Waals surface area contributed by atoms with Crippen LogP contribution in [0.15, 0.2) is 37.1 Å². The minimum absolute atomic E-state index is 0.195. The molecule has 6 heteroatoms. The number of rotatable bonds is 5. The lowest BCUT2D eigenvalue weighted by molar-refractivity contribution is -0.131. The van der Waals surface area contributed by atoms with Crippen molar-refractivity contribution in [3.63, 3.8) is 0 Å². The van der Waals surface area contributed by atoms with Crippen LogP contribution in [0.4, 0.5) is 0 Å². The van der Waals surface area contributed by atoms with Gasteiger partial charge in [0.25, 0.3) is 0 Å². The van der Waals surface area contributed by atoms with E-state index in [1.165, 1.54) is 0 Å². The van der Waals surface area contributed by atoms with Crippen LogP contribution in [-0.2, 0) is 11.3 Å². The molecule has 2 heterocycles. The molecule has 0 bridgehead atoms. The fourth-order valence-electron chi connectivity index (χ4n) is 3.17. The second-order valence-electron chi connectivity index (χ2n) is 6.14. The van der Waals surface area contributed by atoms with E-state index in [-0.39, 0.29) is 5.91 Å². The van der Waals surface area contributed by atoms with Gasteiger partial charge in [-0.15, -0.1) is 6.58 Å². The summed E-state index contributed by atoms with van der Waals surface area (Å²) in [6, 6.07) is 5.70. The van der Waals surface area contributed by atoms with Crippen molar-refractivity contribution in [3.8, 4) is 0 Å². The summed E-state index contributed by atoms with van der Waals surface area (Å²) in [5.74, 6) is 0.195. The molecule has 0 atom stereocenters. The first-order valence-corrected chi connectivity index (χ1v) is 8.77. The van der Waals surface area contributed by atoms with Crippen LogP contribution in [-0.4, -0.2) is 58.2 Å². The second kappa shape index (κ2) is 7.81. The molecule has 1 amide bonds. The van der Waals surface area contributed by atoms with Gasteiger partial charge in [-0.3, -0.25) is 14.4 Å². The number of hydrogen-bond acceptors (Lipinski definition) is 3. The SMILES string of the molecule is C=CCN1CCCN(C(=O)CCn2ncc3ccc(Cl)cc32)CC1. The third-order valence-corrected chi connectivity index (χ3v) is 4.71. The standard InChI is InChI=1S/C18H23ClN4O/c1-2-7-21-8-3-9-22(12-11-21)18(24)6-10-23-17-13-16(19)5-4-15(17)14-20-23/h2,4-5,13-14H,1,3,6-12H2. The highest BCUT2D eigenvalue weighted by atomic mass is 35.5. The van der Waals surface area contributed by atoms with Crippen LogP contribution >= 0.6 is 11.6 Å².